The Bertz CT molecular complexity index is 907. The summed E-state index contributed by atoms with van der Waals surface area (Å²) < 4.78 is 10.5. The van der Waals surface area contributed by atoms with Crippen molar-refractivity contribution in [1.82, 2.24) is 4.98 Å². The van der Waals surface area contributed by atoms with Crippen LogP contribution in [0.25, 0.3) is 10.9 Å². The van der Waals surface area contributed by atoms with Crippen molar-refractivity contribution in [3.8, 4) is 11.5 Å². The van der Waals surface area contributed by atoms with Crippen LogP contribution in [0.15, 0.2) is 48.7 Å². The number of nitrogens with zero attached hydrogens (tertiary/aromatic N) is 1. The van der Waals surface area contributed by atoms with Crippen LogP contribution in [-0.4, -0.2) is 25.1 Å². The van der Waals surface area contributed by atoms with Gasteiger partial charge in [-0.15, -0.1) is 0 Å². The van der Waals surface area contributed by atoms with Crippen LogP contribution in [0.1, 0.15) is 10.4 Å². The molecular formula is C18H15ClN2O3. The third-order valence-electron chi connectivity index (χ3n) is 3.61. The maximum absolute atomic E-state index is 12.7. The number of ether oxygens (including phenoxy) is 2. The van der Waals surface area contributed by atoms with Crippen LogP contribution in [0.2, 0.25) is 5.02 Å². The summed E-state index contributed by atoms with van der Waals surface area (Å²) in [4.78, 5) is 17.0. The van der Waals surface area contributed by atoms with E-state index < -0.39 is 0 Å². The highest BCUT2D eigenvalue weighted by atomic mass is 35.5. The van der Waals surface area contributed by atoms with Crippen molar-refractivity contribution >= 4 is 34.1 Å². The number of hydrogen-bond acceptors (Lipinski definition) is 4. The summed E-state index contributed by atoms with van der Waals surface area (Å²) in [7, 11) is 3.03. The van der Waals surface area contributed by atoms with Crippen molar-refractivity contribution in [3.63, 3.8) is 0 Å². The van der Waals surface area contributed by atoms with Crippen LogP contribution in [0.5, 0.6) is 11.5 Å². The second-order valence-corrected chi connectivity index (χ2v) is 5.42. The molecule has 5 nitrogen and oxygen atoms in total. The summed E-state index contributed by atoms with van der Waals surface area (Å²) >= 11 is 6.14. The van der Waals surface area contributed by atoms with Crippen molar-refractivity contribution in [2.24, 2.45) is 0 Å². The van der Waals surface area contributed by atoms with Gasteiger partial charge >= 0.3 is 0 Å². The molecule has 1 heterocycles. The van der Waals surface area contributed by atoms with Gasteiger partial charge in [0.15, 0.2) is 0 Å². The molecule has 0 aliphatic carbocycles. The van der Waals surface area contributed by atoms with E-state index in [1.54, 1.807) is 36.5 Å². The predicted molar refractivity (Wildman–Crippen MR) is 94.3 cm³/mol. The molecular weight excluding hydrogens is 328 g/mol. The first kappa shape index (κ1) is 16.1. The molecule has 0 spiro atoms. The summed E-state index contributed by atoms with van der Waals surface area (Å²) in [5.74, 6) is 0.664. The summed E-state index contributed by atoms with van der Waals surface area (Å²) in [6, 6.07) is 12.3. The van der Waals surface area contributed by atoms with E-state index in [9.17, 15) is 4.79 Å². The Balaban J connectivity index is 1.99. The molecule has 24 heavy (non-hydrogen) atoms. The number of nitrogens with one attached hydrogen (secondary N) is 1. The van der Waals surface area contributed by atoms with Crippen LogP contribution in [0.3, 0.4) is 0 Å². The number of halogens is 1. The number of aromatic nitrogens is 1. The van der Waals surface area contributed by atoms with Crippen LogP contribution >= 0.6 is 11.6 Å². The van der Waals surface area contributed by atoms with E-state index >= 15 is 0 Å². The zero-order valence-corrected chi connectivity index (χ0v) is 13.9. The molecule has 122 valence electrons. The van der Waals surface area contributed by atoms with Crippen molar-refractivity contribution in [1.29, 1.82) is 0 Å². The molecule has 1 N–H and O–H groups in total. The number of benzene rings is 2. The van der Waals surface area contributed by atoms with Gasteiger partial charge in [-0.05, 0) is 24.3 Å². The molecule has 0 aliphatic heterocycles. The number of amides is 1. The van der Waals surface area contributed by atoms with Gasteiger partial charge < -0.3 is 14.8 Å². The van der Waals surface area contributed by atoms with Gasteiger partial charge in [0.25, 0.3) is 5.91 Å². The lowest BCUT2D eigenvalue weighted by Gasteiger charge is -2.13. The van der Waals surface area contributed by atoms with E-state index in [-0.39, 0.29) is 5.91 Å². The fraction of sp³-hybridized carbons (Fsp3) is 0.111. The fourth-order valence-corrected chi connectivity index (χ4v) is 2.69. The highest BCUT2D eigenvalue weighted by molar-refractivity contribution is 6.32. The third kappa shape index (κ3) is 2.98. The van der Waals surface area contributed by atoms with Gasteiger partial charge in [0.05, 0.1) is 30.4 Å². The first-order chi connectivity index (χ1) is 11.6. The Morgan fingerprint density at radius 1 is 1.08 bits per heavy atom. The number of rotatable bonds is 4. The number of methoxy groups -OCH3 is 2. The fourth-order valence-electron chi connectivity index (χ4n) is 2.45. The Morgan fingerprint density at radius 2 is 1.88 bits per heavy atom. The second-order valence-electron chi connectivity index (χ2n) is 5.02. The molecule has 1 amide bonds. The molecule has 6 heteroatoms. The second kappa shape index (κ2) is 6.76. The maximum atomic E-state index is 12.7. The monoisotopic (exact) mass is 342 g/mol. The van der Waals surface area contributed by atoms with Crippen LogP contribution in [0, 0.1) is 0 Å². The van der Waals surface area contributed by atoms with Gasteiger partial charge in [-0.3, -0.25) is 9.78 Å². The molecule has 1 aromatic heterocycles. The number of pyridine rings is 1. The Kier molecular flexibility index (Phi) is 4.53. The minimum absolute atomic E-state index is 0.270. The molecule has 2 aromatic carbocycles. The summed E-state index contributed by atoms with van der Waals surface area (Å²) in [5, 5.41) is 3.99. The van der Waals surface area contributed by atoms with Gasteiger partial charge in [-0.2, -0.15) is 0 Å². The zero-order valence-electron chi connectivity index (χ0n) is 13.2. The molecule has 3 aromatic rings. The van der Waals surface area contributed by atoms with Gasteiger partial charge in [-0.25, -0.2) is 0 Å². The van der Waals surface area contributed by atoms with E-state index in [1.807, 2.05) is 12.1 Å². The largest absolute Gasteiger partial charge is 0.495 e. The summed E-state index contributed by atoms with van der Waals surface area (Å²) in [5.41, 5.74) is 1.74. The van der Waals surface area contributed by atoms with E-state index in [2.05, 4.69) is 10.3 Å². The van der Waals surface area contributed by atoms with E-state index in [0.29, 0.717) is 27.8 Å². The molecule has 0 saturated heterocycles. The van der Waals surface area contributed by atoms with Crippen molar-refractivity contribution in [2.45, 2.75) is 0 Å². The lowest BCUT2D eigenvalue weighted by Crippen LogP contribution is -2.13. The van der Waals surface area contributed by atoms with Crippen LogP contribution in [-0.2, 0) is 0 Å². The predicted octanol–water partition coefficient (Wildman–Crippen LogP) is 4.16. The van der Waals surface area contributed by atoms with Crippen molar-refractivity contribution in [2.75, 3.05) is 19.5 Å². The Morgan fingerprint density at radius 3 is 2.62 bits per heavy atom. The van der Waals surface area contributed by atoms with Crippen molar-refractivity contribution < 1.29 is 14.3 Å². The first-order valence-corrected chi connectivity index (χ1v) is 7.58. The Labute approximate surface area is 144 Å². The molecule has 0 atom stereocenters. The number of carbonyl (C=O) groups is 1. The molecule has 0 unspecified atom stereocenters. The van der Waals surface area contributed by atoms with Gasteiger partial charge in [-0.1, -0.05) is 23.7 Å². The topological polar surface area (TPSA) is 60.5 Å². The molecule has 0 bridgehead atoms. The average molecular weight is 343 g/mol. The zero-order chi connectivity index (χ0) is 17.1. The number of carbonyl (C=O) groups excluding carboxylic acids is 1. The third-order valence-corrected chi connectivity index (χ3v) is 3.91. The summed E-state index contributed by atoms with van der Waals surface area (Å²) in [6.45, 7) is 0. The molecule has 3 rings (SSSR count). The SMILES string of the molecule is COc1cc(OC)c(NC(=O)c2cccc3ncccc23)cc1Cl. The standard InChI is InChI=1S/C18H15ClN2O3/c1-23-16-10-17(24-2)15(9-13(16)19)21-18(22)12-5-3-7-14-11(12)6-4-8-20-14/h3-10H,1-2H3,(H,21,22). The smallest absolute Gasteiger partial charge is 0.256 e. The molecule has 0 fully saturated rings. The average Bonchev–Trinajstić information content (AvgIpc) is 2.61. The first-order valence-electron chi connectivity index (χ1n) is 7.20. The number of anilines is 1. The quantitative estimate of drug-likeness (QED) is 0.773. The minimum Gasteiger partial charge on any atom is -0.495 e. The highest BCUT2D eigenvalue weighted by Gasteiger charge is 2.15. The highest BCUT2D eigenvalue weighted by Crippen LogP contribution is 2.36. The maximum Gasteiger partial charge on any atom is 0.256 e. The van der Waals surface area contributed by atoms with Gasteiger partial charge in [0.2, 0.25) is 0 Å². The molecule has 0 saturated carbocycles. The lowest BCUT2D eigenvalue weighted by molar-refractivity contribution is 0.102. The van der Waals surface area contributed by atoms with Crippen molar-refractivity contribution in [3.05, 3.63) is 59.2 Å². The van der Waals surface area contributed by atoms with E-state index in [0.717, 1.165) is 10.9 Å². The van der Waals surface area contributed by atoms with Crippen LogP contribution in [0.4, 0.5) is 5.69 Å². The molecule has 0 radical (unpaired) electrons. The van der Waals surface area contributed by atoms with E-state index in [1.165, 1.54) is 14.2 Å². The molecule has 0 aliphatic rings. The number of hydrogen-bond donors (Lipinski definition) is 1. The lowest BCUT2D eigenvalue weighted by atomic mass is 10.1. The van der Waals surface area contributed by atoms with Gasteiger partial charge in [0.1, 0.15) is 11.5 Å². The van der Waals surface area contributed by atoms with E-state index in [4.69, 9.17) is 21.1 Å². The number of fused-ring (bicyclic) bond motifs is 1. The summed E-state index contributed by atoms with van der Waals surface area (Å²) in [6.07, 6.45) is 1.69. The Hall–Kier alpha value is -2.79. The van der Waals surface area contributed by atoms with Gasteiger partial charge in [0, 0.05) is 23.2 Å². The minimum atomic E-state index is -0.270. The normalized spacial score (nSPS) is 10.5. The van der Waals surface area contributed by atoms with Crippen LogP contribution < -0.4 is 14.8 Å².